The molecule has 0 amide bonds. The van der Waals surface area contributed by atoms with Gasteiger partial charge in [0.1, 0.15) is 0 Å². The molecule has 1 aliphatic heterocycles. The van der Waals surface area contributed by atoms with Crippen molar-refractivity contribution in [2.45, 2.75) is 130 Å². The van der Waals surface area contributed by atoms with E-state index in [0.717, 1.165) is 41.3 Å². The summed E-state index contributed by atoms with van der Waals surface area (Å²) in [4.78, 5) is 10.3. The summed E-state index contributed by atoms with van der Waals surface area (Å²) in [6, 6.07) is 13.9. The first kappa shape index (κ1) is 30.8. The predicted octanol–water partition coefficient (Wildman–Crippen LogP) is 9.54. The van der Waals surface area contributed by atoms with Crippen molar-refractivity contribution in [3.8, 4) is 0 Å². The molecule has 3 rings (SSSR count). The molecule has 0 unspecified atom stereocenters. The van der Waals surface area contributed by atoms with Gasteiger partial charge in [-0.15, -0.1) is 0 Å². The van der Waals surface area contributed by atoms with E-state index >= 15 is 0 Å². The molecule has 0 atom stereocenters. The van der Waals surface area contributed by atoms with Gasteiger partial charge in [-0.05, 0) is 0 Å². The summed E-state index contributed by atoms with van der Waals surface area (Å²) in [5.41, 5.74) is 10.7. The van der Waals surface area contributed by atoms with E-state index in [4.69, 9.17) is 9.98 Å². The molecular formula is C35H50N2Pd. The number of rotatable bonds is 18. The summed E-state index contributed by atoms with van der Waals surface area (Å²) in [6.07, 6.45) is 19.4. The Hall–Kier alpha value is -1.69. The molecule has 0 aliphatic carbocycles. The van der Waals surface area contributed by atoms with Crippen molar-refractivity contribution in [3.05, 3.63) is 69.8 Å². The molecule has 0 fully saturated rings. The standard InChI is InChI=1S/C35H50N2.Pd/c1-5-9-13-19-28-23-17-24-29(20-14-10-6-2)32(28)34-35(37-27-36-34)33-30(21-15-11-7-3)25-18-26-31(33)22-16-12-8-4;/h17-18,23-26H,5-16,19-22H2,1-4H3;. The Labute approximate surface area is 243 Å². The number of aliphatic imine (C=N–C) groups is 2. The van der Waals surface area contributed by atoms with Crippen LogP contribution in [0, 0.1) is 0 Å². The third-order valence-electron chi connectivity index (χ3n) is 7.76. The number of nitrogens with zero attached hydrogens (tertiary/aromatic N) is 2. The summed E-state index contributed by atoms with van der Waals surface area (Å²) >= 11 is 3.38. The van der Waals surface area contributed by atoms with E-state index < -0.39 is 0 Å². The summed E-state index contributed by atoms with van der Waals surface area (Å²) in [5.74, 6) is 0. The molecule has 38 heavy (non-hydrogen) atoms. The molecule has 1 aliphatic rings. The predicted molar refractivity (Wildman–Crippen MR) is 164 cm³/mol. The van der Waals surface area contributed by atoms with Crippen LogP contribution < -0.4 is 0 Å². The number of hydrogen-bond acceptors (Lipinski definition) is 2. The fourth-order valence-corrected chi connectivity index (χ4v) is 6.01. The van der Waals surface area contributed by atoms with Crippen LogP contribution in [0.25, 0.3) is 0 Å². The molecule has 2 nitrogen and oxygen atoms in total. The average molecular weight is 605 g/mol. The van der Waals surface area contributed by atoms with Gasteiger partial charge >= 0.3 is 245 Å². The number of unbranched alkanes of at least 4 members (excludes halogenated alkanes) is 8. The normalized spacial score (nSPS) is 13.3. The summed E-state index contributed by atoms with van der Waals surface area (Å²) in [5, 5.41) is 0. The molecule has 3 heteroatoms. The molecular weight excluding hydrogens is 555 g/mol. The van der Waals surface area contributed by atoms with Crippen LogP contribution in [0.1, 0.15) is 138 Å². The van der Waals surface area contributed by atoms with Gasteiger partial charge in [-0.25, -0.2) is 0 Å². The van der Waals surface area contributed by atoms with Crippen molar-refractivity contribution in [2.24, 2.45) is 9.98 Å². The zero-order chi connectivity index (χ0) is 27.2. The molecule has 0 radical (unpaired) electrons. The fraction of sp³-hybridized carbons (Fsp3) is 0.571. The Morgan fingerprint density at radius 3 is 1.03 bits per heavy atom. The first-order valence-corrected chi connectivity index (χ1v) is 16.3. The molecule has 210 valence electrons. The molecule has 0 aromatic heterocycles. The van der Waals surface area contributed by atoms with Crippen molar-refractivity contribution >= 4 is 15.7 Å². The third-order valence-corrected chi connectivity index (χ3v) is 8.11. The van der Waals surface area contributed by atoms with Gasteiger partial charge in [0.2, 0.25) is 0 Å². The van der Waals surface area contributed by atoms with Crippen molar-refractivity contribution in [3.63, 3.8) is 0 Å². The topological polar surface area (TPSA) is 24.7 Å². The van der Waals surface area contributed by atoms with Gasteiger partial charge in [0, 0.05) is 0 Å². The van der Waals surface area contributed by atoms with Crippen molar-refractivity contribution in [1.82, 2.24) is 0 Å². The average Bonchev–Trinajstić information content (AvgIpc) is 3.30. The Balaban J connectivity index is 2.11. The van der Waals surface area contributed by atoms with E-state index in [0.29, 0.717) is 0 Å². The van der Waals surface area contributed by atoms with Crippen LogP contribution in [0.4, 0.5) is 0 Å². The molecule has 0 spiro atoms. The molecule has 0 saturated carbocycles. The number of hydrogen-bond donors (Lipinski definition) is 0. The first-order valence-electron chi connectivity index (χ1n) is 15.5. The van der Waals surface area contributed by atoms with Gasteiger partial charge in [0.15, 0.2) is 0 Å². The Morgan fingerprint density at radius 1 is 0.474 bits per heavy atom. The molecule has 0 N–H and O–H groups in total. The second kappa shape index (κ2) is 17.1. The maximum absolute atomic E-state index is 5.13. The second-order valence-electron chi connectivity index (χ2n) is 10.9. The van der Waals surface area contributed by atoms with E-state index in [1.165, 1.54) is 110 Å². The van der Waals surface area contributed by atoms with Crippen molar-refractivity contribution in [2.75, 3.05) is 0 Å². The Kier molecular flexibility index (Phi) is 13.9. The van der Waals surface area contributed by atoms with E-state index in [1.807, 2.05) is 0 Å². The SMILES string of the molecule is CCCCCc1cccc(CCCCC)c1C1=N[C](=[Pd])N=C1c1c(CCCCC)cccc1CCCCC. The quantitative estimate of drug-likeness (QED) is 0.120. The molecule has 0 saturated heterocycles. The zero-order valence-corrected chi connectivity index (χ0v) is 26.0. The monoisotopic (exact) mass is 604 g/mol. The summed E-state index contributed by atoms with van der Waals surface area (Å²) in [7, 11) is 0. The maximum atomic E-state index is 5.13. The molecule has 1 heterocycles. The summed E-state index contributed by atoms with van der Waals surface area (Å²) < 4.78 is 0.753. The number of aryl methyl sites for hydroxylation is 4. The van der Waals surface area contributed by atoms with E-state index in [2.05, 4.69) is 82.8 Å². The fourth-order valence-electron chi connectivity index (χ4n) is 5.66. The van der Waals surface area contributed by atoms with Gasteiger partial charge in [0.05, 0.1) is 0 Å². The zero-order valence-electron chi connectivity index (χ0n) is 24.5. The van der Waals surface area contributed by atoms with E-state index in [9.17, 15) is 0 Å². The van der Waals surface area contributed by atoms with Gasteiger partial charge < -0.3 is 0 Å². The number of benzene rings is 2. The minimum absolute atomic E-state index is 0.753. The third kappa shape index (κ3) is 8.66. The molecule has 2 aromatic carbocycles. The van der Waals surface area contributed by atoms with Gasteiger partial charge in [-0.1, -0.05) is 0 Å². The van der Waals surface area contributed by atoms with E-state index in [-0.39, 0.29) is 0 Å². The van der Waals surface area contributed by atoms with Crippen molar-refractivity contribution < 1.29 is 18.7 Å². The summed E-state index contributed by atoms with van der Waals surface area (Å²) in [6.45, 7) is 9.15. The van der Waals surface area contributed by atoms with Crippen LogP contribution in [0.3, 0.4) is 0 Å². The second-order valence-corrected chi connectivity index (χ2v) is 11.6. The Morgan fingerprint density at radius 2 is 0.763 bits per heavy atom. The Bertz CT molecular complexity index is 953. The first-order chi connectivity index (χ1) is 18.6. The van der Waals surface area contributed by atoms with Gasteiger partial charge in [-0.2, -0.15) is 0 Å². The molecule has 0 bridgehead atoms. The van der Waals surface area contributed by atoms with E-state index in [1.54, 1.807) is 0 Å². The van der Waals surface area contributed by atoms with Gasteiger partial charge in [-0.3, -0.25) is 0 Å². The molecule has 2 aromatic rings. The van der Waals surface area contributed by atoms with Crippen LogP contribution in [0.15, 0.2) is 46.4 Å². The van der Waals surface area contributed by atoms with Crippen LogP contribution in [-0.4, -0.2) is 15.7 Å². The minimum atomic E-state index is 0.753. The van der Waals surface area contributed by atoms with Crippen LogP contribution >= 0.6 is 0 Å². The van der Waals surface area contributed by atoms with Gasteiger partial charge in [0.25, 0.3) is 0 Å². The van der Waals surface area contributed by atoms with Crippen LogP contribution in [0.2, 0.25) is 0 Å². The van der Waals surface area contributed by atoms with Crippen LogP contribution in [0.5, 0.6) is 0 Å². The van der Waals surface area contributed by atoms with Crippen LogP contribution in [-0.2, 0) is 44.4 Å². The van der Waals surface area contributed by atoms with Crippen molar-refractivity contribution in [1.29, 1.82) is 0 Å².